The van der Waals surface area contributed by atoms with Crippen LogP contribution in [0.2, 0.25) is 0 Å². The number of nitro groups is 1. The van der Waals surface area contributed by atoms with Crippen LogP contribution in [0.3, 0.4) is 0 Å². The number of benzene rings is 2. The van der Waals surface area contributed by atoms with Gasteiger partial charge in [0.05, 0.1) is 21.9 Å². The number of hydrogen-bond donors (Lipinski definition) is 1. The Labute approximate surface area is 143 Å². The fourth-order valence-corrected chi connectivity index (χ4v) is 2.41. The van der Waals surface area contributed by atoms with Crippen molar-refractivity contribution in [2.45, 2.75) is 13.8 Å². The third-order valence-corrected chi connectivity index (χ3v) is 3.79. The van der Waals surface area contributed by atoms with E-state index in [4.69, 9.17) is 0 Å². The maximum atomic E-state index is 12.6. The Bertz CT molecular complexity index is 1010. The SMILES string of the molecule is Cc1ccc(-n2[nH]c(C)c(C=Nc3cccc([N+](=O)[O-])c3)c2=O)cc1. The average Bonchev–Trinajstić information content (AvgIpc) is 2.88. The van der Waals surface area contributed by atoms with E-state index in [1.165, 1.54) is 23.0 Å². The van der Waals surface area contributed by atoms with Crippen LogP contribution in [0.5, 0.6) is 0 Å². The van der Waals surface area contributed by atoms with Crippen LogP contribution in [0.4, 0.5) is 11.4 Å². The summed E-state index contributed by atoms with van der Waals surface area (Å²) in [5.74, 6) is 0. The number of aryl methyl sites for hydroxylation is 2. The monoisotopic (exact) mass is 336 g/mol. The van der Waals surface area contributed by atoms with E-state index in [1.54, 1.807) is 19.1 Å². The highest BCUT2D eigenvalue weighted by Gasteiger charge is 2.11. The summed E-state index contributed by atoms with van der Waals surface area (Å²) in [5.41, 5.74) is 3.05. The summed E-state index contributed by atoms with van der Waals surface area (Å²) in [6.07, 6.45) is 1.43. The number of aromatic nitrogens is 2. The van der Waals surface area contributed by atoms with E-state index in [-0.39, 0.29) is 11.2 Å². The molecule has 0 aliphatic heterocycles. The Hall–Kier alpha value is -3.48. The molecule has 25 heavy (non-hydrogen) atoms. The normalized spacial score (nSPS) is 11.1. The molecule has 0 radical (unpaired) electrons. The van der Waals surface area contributed by atoms with Gasteiger partial charge in [0, 0.05) is 24.0 Å². The topological polar surface area (TPSA) is 93.3 Å². The number of aliphatic imine (C=N–C) groups is 1. The number of nitrogens with zero attached hydrogens (tertiary/aromatic N) is 3. The first-order valence-electron chi connectivity index (χ1n) is 7.63. The Morgan fingerprint density at radius 3 is 2.56 bits per heavy atom. The van der Waals surface area contributed by atoms with E-state index in [1.807, 2.05) is 31.2 Å². The van der Waals surface area contributed by atoms with Gasteiger partial charge in [0.1, 0.15) is 0 Å². The van der Waals surface area contributed by atoms with Gasteiger partial charge < -0.3 is 0 Å². The highest BCUT2D eigenvalue weighted by molar-refractivity contribution is 5.83. The number of H-pyrrole nitrogens is 1. The van der Waals surface area contributed by atoms with Gasteiger partial charge in [-0.2, -0.15) is 0 Å². The molecule has 0 aliphatic carbocycles. The fraction of sp³-hybridized carbons (Fsp3) is 0.111. The molecule has 0 unspecified atom stereocenters. The Morgan fingerprint density at radius 2 is 1.88 bits per heavy atom. The number of nitrogens with one attached hydrogen (secondary N) is 1. The zero-order valence-electron chi connectivity index (χ0n) is 13.8. The van der Waals surface area contributed by atoms with Crippen LogP contribution in [0.25, 0.3) is 5.69 Å². The zero-order chi connectivity index (χ0) is 18.0. The number of hydrogen-bond acceptors (Lipinski definition) is 4. The first-order valence-corrected chi connectivity index (χ1v) is 7.63. The molecule has 0 spiro atoms. The van der Waals surface area contributed by atoms with Crippen LogP contribution < -0.4 is 5.56 Å². The Balaban J connectivity index is 1.96. The lowest BCUT2D eigenvalue weighted by molar-refractivity contribution is -0.384. The van der Waals surface area contributed by atoms with E-state index in [0.717, 1.165) is 11.3 Å². The second-order valence-electron chi connectivity index (χ2n) is 5.66. The van der Waals surface area contributed by atoms with E-state index in [0.29, 0.717) is 16.9 Å². The summed E-state index contributed by atoms with van der Waals surface area (Å²) >= 11 is 0. The van der Waals surface area contributed by atoms with Crippen molar-refractivity contribution in [3.8, 4) is 5.69 Å². The summed E-state index contributed by atoms with van der Waals surface area (Å²) in [6, 6.07) is 13.5. The molecule has 2 aromatic carbocycles. The second kappa shape index (κ2) is 6.56. The maximum absolute atomic E-state index is 12.6. The zero-order valence-corrected chi connectivity index (χ0v) is 13.8. The van der Waals surface area contributed by atoms with Crippen molar-refractivity contribution >= 4 is 17.6 Å². The van der Waals surface area contributed by atoms with Crippen molar-refractivity contribution in [1.82, 2.24) is 9.78 Å². The predicted molar refractivity (Wildman–Crippen MR) is 96.2 cm³/mol. The summed E-state index contributed by atoms with van der Waals surface area (Å²) < 4.78 is 1.45. The van der Waals surface area contributed by atoms with Gasteiger partial charge in [-0.1, -0.05) is 23.8 Å². The lowest BCUT2D eigenvalue weighted by atomic mass is 10.2. The van der Waals surface area contributed by atoms with Crippen molar-refractivity contribution in [3.05, 3.63) is 85.8 Å². The third-order valence-electron chi connectivity index (χ3n) is 3.79. The molecule has 7 nitrogen and oxygen atoms in total. The molecule has 7 heteroatoms. The molecule has 0 saturated heterocycles. The minimum atomic E-state index is -0.481. The lowest BCUT2D eigenvalue weighted by Gasteiger charge is -2.01. The van der Waals surface area contributed by atoms with Crippen molar-refractivity contribution in [2.75, 3.05) is 0 Å². The largest absolute Gasteiger partial charge is 0.295 e. The summed E-state index contributed by atoms with van der Waals surface area (Å²) in [7, 11) is 0. The van der Waals surface area contributed by atoms with Crippen LogP contribution in [0.1, 0.15) is 16.8 Å². The quantitative estimate of drug-likeness (QED) is 0.449. The molecule has 0 atom stereocenters. The first-order chi connectivity index (χ1) is 12.0. The molecule has 0 amide bonds. The highest BCUT2D eigenvalue weighted by Crippen LogP contribution is 2.19. The summed E-state index contributed by atoms with van der Waals surface area (Å²) in [6.45, 7) is 3.75. The van der Waals surface area contributed by atoms with Crippen LogP contribution in [-0.4, -0.2) is 20.9 Å². The van der Waals surface area contributed by atoms with Crippen LogP contribution in [0.15, 0.2) is 58.3 Å². The third kappa shape index (κ3) is 3.40. The molecule has 0 saturated carbocycles. The van der Waals surface area contributed by atoms with E-state index < -0.39 is 4.92 Å². The van der Waals surface area contributed by atoms with Gasteiger partial charge in [0.15, 0.2) is 0 Å². The molecule has 3 aromatic rings. The van der Waals surface area contributed by atoms with Gasteiger partial charge in [0.2, 0.25) is 0 Å². The minimum Gasteiger partial charge on any atom is -0.295 e. The van der Waals surface area contributed by atoms with Crippen LogP contribution in [0, 0.1) is 24.0 Å². The maximum Gasteiger partial charge on any atom is 0.280 e. The second-order valence-corrected chi connectivity index (χ2v) is 5.66. The standard InChI is InChI=1S/C18H16N4O3/c1-12-6-8-15(9-7-12)21-18(23)17(13(2)20-21)11-19-14-4-3-5-16(10-14)22(24)25/h3-11,20H,1-2H3. The molecule has 0 aliphatic rings. The molecule has 1 N–H and O–H groups in total. The van der Waals surface area contributed by atoms with Gasteiger partial charge in [0.25, 0.3) is 11.2 Å². The van der Waals surface area contributed by atoms with E-state index in [9.17, 15) is 14.9 Å². The Kier molecular flexibility index (Phi) is 4.30. The molecule has 0 fully saturated rings. The smallest absolute Gasteiger partial charge is 0.280 e. The minimum absolute atomic E-state index is 0.0440. The first kappa shape index (κ1) is 16.4. The predicted octanol–water partition coefficient (Wildman–Crippen LogP) is 3.44. The van der Waals surface area contributed by atoms with E-state index >= 15 is 0 Å². The molecule has 3 rings (SSSR count). The van der Waals surface area contributed by atoms with Crippen LogP contribution >= 0.6 is 0 Å². The molecule has 1 aromatic heterocycles. The molecular formula is C18H16N4O3. The van der Waals surface area contributed by atoms with Crippen molar-refractivity contribution < 1.29 is 4.92 Å². The van der Waals surface area contributed by atoms with Gasteiger partial charge in [-0.3, -0.25) is 25.0 Å². The van der Waals surface area contributed by atoms with E-state index in [2.05, 4.69) is 10.1 Å². The van der Waals surface area contributed by atoms with Crippen molar-refractivity contribution in [3.63, 3.8) is 0 Å². The Morgan fingerprint density at radius 1 is 1.16 bits per heavy atom. The van der Waals surface area contributed by atoms with Gasteiger partial charge in [-0.25, -0.2) is 4.68 Å². The van der Waals surface area contributed by atoms with Crippen LogP contribution in [-0.2, 0) is 0 Å². The van der Waals surface area contributed by atoms with Crippen molar-refractivity contribution in [1.29, 1.82) is 0 Å². The summed E-state index contributed by atoms with van der Waals surface area (Å²) in [4.78, 5) is 27.1. The molecule has 0 bridgehead atoms. The number of nitro benzene ring substituents is 1. The van der Waals surface area contributed by atoms with Gasteiger partial charge in [-0.15, -0.1) is 0 Å². The molecule has 1 heterocycles. The molecular weight excluding hydrogens is 320 g/mol. The molecule has 126 valence electrons. The highest BCUT2D eigenvalue weighted by atomic mass is 16.6. The number of aromatic amines is 1. The lowest BCUT2D eigenvalue weighted by Crippen LogP contribution is -2.17. The number of non-ortho nitro benzene ring substituents is 1. The number of rotatable bonds is 4. The van der Waals surface area contributed by atoms with Gasteiger partial charge in [-0.05, 0) is 32.0 Å². The fourth-order valence-electron chi connectivity index (χ4n) is 2.41. The van der Waals surface area contributed by atoms with Gasteiger partial charge >= 0.3 is 0 Å². The van der Waals surface area contributed by atoms with Crippen molar-refractivity contribution in [2.24, 2.45) is 4.99 Å². The summed E-state index contributed by atoms with van der Waals surface area (Å²) in [5, 5.41) is 13.8. The average molecular weight is 336 g/mol.